The van der Waals surface area contributed by atoms with E-state index in [1.807, 2.05) is 0 Å². The number of nitrogens with two attached hydrogens (primary N) is 1. The van der Waals surface area contributed by atoms with E-state index in [-0.39, 0.29) is 5.91 Å². The zero-order valence-electron chi connectivity index (χ0n) is 12.9. The van der Waals surface area contributed by atoms with Gasteiger partial charge in [-0.3, -0.25) is 9.69 Å². The third-order valence-electron chi connectivity index (χ3n) is 3.91. The van der Waals surface area contributed by atoms with Crippen LogP contribution in [0.2, 0.25) is 0 Å². The Kier molecular flexibility index (Phi) is 5.03. The van der Waals surface area contributed by atoms with E-state index in [0.29, 0.717) is 29.7 Å². The van der Waals surface area contributed by atoms with Gasteiger partial charge in [0.15, 0.2) is 0 Å². The van der Waals surface area contributed by atoms with E-state index in [1.165, 1.54) is 0 Å². The van der Waals surface area contributed by atoms with Crippen LogP contribution in [-0.4, -0.2) is 62.1 Å². The Labute approximate surface area is 125 Å². The van der Waals surface area contributed by atoms with E-state index in [1.54, 1.807) is 25.3 Å². The van der Waals surface area contributed by atoms with Gasteiger partial charge >= 0.3 is 0 Å². The first-order valence-corrected chi connectivity index (χ1v) is 7.15. The lowest BCUT2D eigenvalue weighted by molar-refractivity contribution is -0.117. The van der Waals surface area contributed by atoms with Crippen molar-refractivity contribution in [2.24, 2.45) is 0 Å². The van der Waals surface area contributed by atoms with Crippen LogP contribution in [0.25, 0.3) is 0 Å². The van der Waals surface area contributed by atoms with Gasteiger partial charge < -0.3 is 20.7 Å². The van der Waals surface area contributed by atoms with E-state index < -0.39 is 0 Å². The second-order valence-electron chi connectivity index (χ2n) is 5.57. The van der Waals surface area contributed by atoms with Crippen molar-refractivity contribution in [2.45, 2.75) is 13.0 Å². The summed E-state index contributed by atoms with van der Waals surface area (Å²) in [6.45, 7) is 5.37. The van der Waals surface area contributed by atoms with Gasteiger partial charge in [-0.25, -0.2) is 0 Å². The number of carbonyl (C=O) groups is 1. The van der Waals surface area contributed by atoms with Crippen LogP contribution in [0.3, 0.4) is 0 Å². The summed E-state index contributed by atoms with van der Waals surface area (Å²) in [6, 6.07) is 5.68. The molecule has 0 aromatic heterocycles. The summed E-state index contributed by atoms with van der Waals surface area (Å²) in [5.41, 5.74) is 6.97. The highest BCUT2D eigenvalue weighted by Crippen LogP contribution is 2.26. The Morgan fingerprint density at radius 2 is 2.24 bits per heavy atom. The second-order valence-corrected chi connectivity index (χ2v) is 5.57. The number of benzene rings is 1. The number of likely N-dealkylation sites (N-methyl/N-ethyl adjacent to an activating group) is 1. The van der Waals surface area contributed by atoms with E-state index in [2.05, 4.69) is 29.1 Å². The van der Waals surface area contributed by atoms with Crippen LogP contribution in [0.4, 0.5) is 11.4 Å². The minimum absolute atomic E-state index is 0.0326. The molecular weight excluding hydrogens is 268 g/mol. The first-order chi connectivity index (χ1) is 9.99. The monoisotopic (exact) mass is 292 g/mol. The summed E-state index contributed by atoms with van der Waals surface area (Å²) in [7, 11) is 3.67. The average molecular weight is 292 g/mol. The molecule has 6 nitrogen and oxygen atoms in total. The molecule has 1 atom stereocenters. The minimum Gasteiger partial charge on any atom is -0.494 e. The van der Waals surface area contributed by atoms with Crippen molar-refractivity contribution in [2.75, 3.05) is 51.4 Å². The summed E-state index contributed by atoms with van der Waals surface area (Å²) < 4.78 is 5.23. The first kappa shape index (κ1) is 15.6. The van der Waals surface area contributed by atoms with Crippen LogP contribution in [0.5, 0.6) is 5.75 Å². The quantitative estimate of drug-likeness (QED) is 0.805. The molecule has 1 aromatic carbocycles. The van der Waals surface area contributed by atoms with Crippen LogP contribution >= 0.6 is 0 Å². The standard InChI is InChI=1S/C15H24N4O2/c1-11-9-19(7-6-18(11)2)10-15(20)17-13-5-4-12(16)8-14(13)21-3/h4-5,8,11H,6-7,9-10,16H2,1-3H3,(H,17,20). The lowest BCUT2D eigenvalue weighted by atomic mass is 10.2. The molecule has 1 aliphatic heterocycles. The van der Waals surface area contributed by atoms with Gasteiger partial charge in [-0.15, -0.1) is 0 Å². The smallest absolute Gasteiger partial charge is 0.238 e. The van der Waals surface area contributed by atoms with Crippen molar-refractivity contribution in [3.05, 3.63) is 18.2 Å². The van der Waals surface area contributed by atoms with Crippen LogP contribution in [-0.2, 0) is 4.79 Å². The molecule has 2 rings (SSSR count). The summed E-state index contributed by atoms with van der Waals surface area (Å²) in [5.74, 6) is 0.546. The van der Waals surface area contributed by atoms with Gasteiger partial charge in [-0.1, -0.05) is 0 Å². The van der Waals surface area contributed by atoms with Crippen LogP contribution < -0.4 is 15.8 Å². The molecule has 3 N–H and O–H groups in total. The highest BCUT2D eigenvalue weighted by atomic mass is 16.5. The fraction of sp³-hybridized carbons (Fsp3) is 0.533. The van der Waals surface area contributed by atoms with Gasteiger partial charge in [0, 0.05) is 37.4 Å². The lowest BCUT2D eigenvalue weighted by Gasteiger charge is -2.37. The van der Waals surface area contributed by atoms with Gasteiger partial charge in [0.25, 0.3) is 0 Å². The molecule has 21 heavy (non-hydrogen) atoms. The van der Waals surface area contributed by atoms with Gasteiger partial charge in [0.05, 0.1) is 19.3 Å². The Bertz CT molecular complexity index is 506. The topological polar surface area (TPSA) is 70.8 Å². The molecule has 0 spiro atoms. The predicted molar refractivity (Wildman–Crippen MR) is 84.6 cm³/mol. The minimum atomic E-state index is -0.0326. The molecule has 0 saturated carbocycles. The number of methoxy groups -OCH3 is 1. The number of piperazine rings is 1. The first-order valence-electron chi connectivity index (χ1n) is 7.15. The number of ether oxygens (including phenoxy) is 1. The number of nitrogen functional groups attached to an aromatic ring is 1. The molecule has 1 amide bonds. The molecule has 1 saturated heterocycles. The number of rotatable bonds is 4. The van der Waals surface area contributed by atoms with Crippen molar-refractivity contribution in [3.63, 3.8) is 0 Å². The molecule has 1 aromatic rings. The number of hydrogen-bond donors (Lipinski definition) is 2. The van der Waals surface area contributed by atoms with Crippen molar-refractivity contribution in [3.8, 4) is 5.75 Å². The fourth-order valence-electron chi connectivity index (χ4n) is 2.47. The zero-order valence-corrected chi connectivity index (χ0v) is 12.9. The molecular formula is C15H24N4O2. The Morgan fingerprint density at radius 1 is 1.48 bits per heavy atom. The van der Waals surface area contributed by atoms with Gasteiger partial charge in [-0.2, -0.15) is 0 Å². The normalized spacial score (nSPS) is 20.2. The SMILES string of the molecule is COc1cc(N)ccc1NC(=O)CN1CCN(C)C(C)C1. The zero-order chi connectivity index (χ0) is 15.4. The summed E-state index contributed by atoms with van der Waals surface area (Å²) >= 11 is 0. The molecule has 116 valence electrons. The highest BCUT2D eigenvalue weighted by Gasteiger charge is 2.22. The third-order valence-corrected chi connectivity index (χ3v) is 3.91. The maximum Gasteiger partial charge on any atom is 0.238 e. The molecule has 1 aliphatic rings. The van der Waals surface area contributed by atoms with Gasteiger partial charge in [0.2, 0.25) is 5.91 Å². The number of nitrogens with one attached hydrogen (secondary N) is 1. The fourth-order valence-corrected chi connectivity index (χ4v) is 2.47. The Morgan fingerprint density at radius 3 is 2.90 bits per heavy atom. The second kappa shape index (κ2) is 6.78. The van der Waals surface area contributed by atoms with Gasteiger partial charge in [0.1, 0.15) is 5.75 Å². The maximum atomic E-state index is 12.2. The maximum absolute atomic E-state index is 12.2. The Hall–Kier alpha value is -1.79. The largest absolute Gasteiger partial charge is 0.494 e. The van der Waals surface area contributed by atoms with Crippen molar-refractivity contribution in [1.82, 2.24) is 9.80 Å². The molecule has 0 radical (unpaired) electrons. The summed E-state index contributed by atoms with van der Waals surface area (Å²) in [5, 5.41) is 2.89. The summed E-state index contributed by atoms with van der Waals surface area (Å²) in [4.78, 5) is 16.6. The molecule has 1 fully saturated rings. The van der Waals surface area contributed by atoms with Crippen LogP contribution in [0, 0.1) is 0 Å². The van der Waals surface area contributed by atoms with Crippen LogP contribution in [0.15, 0.2) is 18.2 Å². The third kappa shape index (κ3) is 4.09. The molecule has 1 heterocycles. The number of hydrogen-bond acceptors (Lipinski definition) is 5. The van der Waals surface area contributed by atoms with Crippen molar-refractivity contribution >= 4 is 17.3 Å². The number of anilines is 2. The average Bonchev–Trinajstić information content (AvgIpc) is 2.44. The predicted octanol–water partition coefficient (Wildman–Crippen LogP) is 0.852. The molecule has 1 unspecified atom stereocenters. The molecule has 0 aliphatic carbocycles. The summed E-state index contributed by atoms with van der Waals surface area (Å²) in [6.07, 6.45) is 0. The molecule has 6 heteroatoms. The van der Waals surface area contributed by atoms with E-state index in [0.717, 1.165) is 19.6 Å². The number of nitrogens with zero attached hydrogens (tertiary/aromatic N) is 2. The van der Waals surface area contributed by atoms with E-state index in [9.17, 15) is 4.79 Å². The number of amides is 1. The Balaban J connectivity index is 1.93. The van der Waals surface area contributed by atoms with E-state index in [4.69, 9.17) is 10.5 Å². The van der Waals surface area contributed by atoms with E-state index >= 15 is 0 Å². The highest BCUT2D eigenvalue weighted by molar-refractivity contribution is 5.94. The number of carbonyl (C=O) groups excluding carboxylic acids is 1. The van der Waals surface area contributed by atoms with Crippen LogP contribution in [0.1, 0.15) is 6.92 Å². The van der Waals surface area contributed by atoms with Crippen molar-refractivity contribution < 1.29 is 9.53 Å². The lowest BCUT2D eigenvalue weighted by Crippen LogP contribution is -2.51. The molecule has 0 bridgehead atoms. The van der Waals surface area contributed by atoms with Crippen molar-refractivity contribution in [1.29, 1.82) is 0 Å². The van der Waals surface area contributed by atoms with Gasteiger partial charge in [-0.05, 0) is 26.1 Å².